The summed E-state index contributed by atoms with van der Waals surface area (Å²) >= 11 is 11.2. The van der Waals surface area contributed by atoms with E-state index in [0.717, 1.165) is 12.1 Å². The molecular weight excluding hydrogens is 312 g/mol. The molecule has 0 spiro atoms. The van der Waals surface area contributed by atoms with Crippen molar-refractivity contribution < 1.29 is 12.8 Å². The van der Waals surface area contributed by atoms with E-state index in [1.165, 1.54) is 0 Å². The van der Waals surface area contributed by atoms with E-state index in [0.29, 0.717) is 12.8 Å². The van der Waals surface area contributed by atoms with Gasteiger partial charge < -0.3 is 0 Å². The summed E-state index contributed by atoms with van der Waals surface area (Å²) < 4.78 is 39.9. The van der Waals surface area contributed by atoms with E-state index < -0.39 is 26.9 Å². The van der Waals surface area contributed by atoms with E-state index in [4.69, 9.17) is 29.6 Å². The van der Waals surface area contributed by atoms with Crippen LogP contribution in [0.5, 0.6) is 0 Å². The van der Waals surface area contributed by atoms with Gasteiger partial charge in [-0.3, -0.25) is 0 Å². The average Bonchev–Trinajstić information content (AvgIpc) is 2.34. The van der Waals surface area contributed by atoms with Gasteiger partial charge in [0.2, 0.25) is 10.0 Å². The summed E-state index contributed by atoms with van der Waals surface area (Å²) in [5.41, 5.74) is 0. The van der Waals surface area contributed by atoms with Gasteiger partial charge in [0.25, 0.3) is 0 Å². The molecule has 7 heteroatoms. The Labute approximate surface area is 122 Å². The molecule has 0 aliphatic heterocycles. The Morgan fingerprint density at radius 2 is 2.11 bits per heavy atom. The molecule has 1 rings (SSSR count). The molecule has 104 valence electrons. The van der Waals surface area contributed by atoms with Crippen molar-refractivity contribution in [2.45, 2.75) is 30.7 Å². The quantitative estimate of drug-likeness (QED) is 0.668. The molecule has 0 aliphatic rings. The minimum atomic E-state index is -3.99. The molecule has 1 unspecified atom stereocenters. The van der Waals surface area contributed by atoms with Gasteiger partial charge in [0.15, 0.2) is 5.82 Å². The summed E-state index contributed by atoms with van der Waals surface area (Å²) in [4.78, 5) is -0.382. The van der Waals surface area contributed by atoms with Gasteiger partial charge in [-0.2, -0.15) is 4.72 Å². The predicted octanol–water partition coefficient (Wildman–Crippen LogP) is 3.21. The number of benzene rings is 1. The Balaban J connectivity index is 3.15. The molecule has 1 atom stereocenters. The molecule has 0 aromatic heterocycles. The highest BCUT2D eigenvalue weighted by Gasteiger charge is 2.24. The van der Waals surface area contributed by atoms with Crippen LogP contribution in [-0.2, 0) is 10.0 Å². The fourth-order valence-electron chi connectivity index (χ4n) is 1.43. The second-order valence-electron chi connectivity index (χ2n) is 3.80. The van der Waals surface area contributed by atoms with Gasteiger partial charge >= 0.3 is 0 Å². The van der Waals surface area contributed by atoms with Gasteiger partial charge in [-0.25, -0.2) is 12.8 Å². The van der Waals surface area contributed by atoms with E-state index >= 15 is 0 Å². The topological polar surface area (TPSA) is 46.2 Å². The van der Waals surface area contributed by atoms with Crippen molar-refractivity contribution in [3.05, 3.63) is 28.0 Å². The van der Waals surface area contributed by atoms with Crippen molar-refractivity contribution in [2.24, 2.45) is 0 Å². The molecule has 0 saturated carbocycles. The zero-order chi connectivity index (χ0) is 14.6. The lowest BCUT2D eigenvalue weighted by atomic mass is 10.2. The van der Waals surface area contributed by atoms with E-state index in [2.05, 4.69) is 10.6 Å². The first-order valence-electron chi connectivity index (χ1n) is 5.45. The molecule has 1 aromatic rings. The first kappa shape index (κ1) is 16.3. The highest BCUT2D eigenvalue weighted by Crippen LogP contribution is 2.29. The zero-order valence-electron chi connectivity index (χ0n) is 10.1. The SMILES string of the molecule is C#CC(CCC)NS(=O)(=O)c1ccc(Cl)c(F)c1Cl. The van der Waals surface area contributed by atoms with Crippen LogP contribution in [0, 0.1) is 18.2 Å². The first-order valence-corrected chi connectivity index (χ1v) is 7.69. The third-order valence-electron chi connectivity index (χ3n) is 2.37. The van der Waals surface area contributed by atoms with Crippen LogP contribution in [0.4, 0.5) is 4.39 Å². The summed E-state index contributed by atoms with van der Waals surface area (Å²) in [5.74, 6) is 1.35. The lowest BCUT2D eigenvalue weighted by Crippen LogP contribution is -2.33. The number of nitrogens with one attached hydrogen (secondary N) is 1. The van der Waals surface area contributed by atoms with Crippen LogP contribution < -0.4 is 4.72 Å². The summed E-state index contributed by atoms with van der Waals surface area (Å²) in [6.45, 7) is 1.87. The van der Waals surface area contributed by atoms with E-state index in [1.807, 2.05) is 6.92 Å². The molecule has 0 aliphatic carbocycles. The third-order valence-corrected chi connectivity index (χ3v) is 4.65. The maximum absolute atomic E-state index is 13.5. The molecular formula is C12H12Cl2FNO2S. The molecule has 0 heterocycles. The molecule has 1 N–H and O–H groups in total. The van der Waals surface area contributed by atoms with Crippen LogP contribution in [0.2, 0.25) is 10.0 Å². The normalized spacial score (nSPS) is 13.0. The second kappa shape index (κ2) is 6.58. The van der Waals surface area contributed by atoms with Crippen LogP contribution in [-0.4, -0.2) is 14.5 Å². The van der Waals surface area contributed by atoms with Crippen LogP contribution in [0.1, 0.15) is 19.8 Å². The van der Waals surface area contributed by atoms with Crippen molar-refractivity contribution in [2.75, 3.05) is 0 Å². The molecule has 1 aromatic carbocycles. The van der Waals surface area contributed by atoms with Crippen molar-refractivity contribution in [1.29, 1.82) is 0 Å². The van der Waals surface area contributed by atoms with E-state index in [-0.39, 0.29) is 9.92 Å². The first-order chi connectivity index (χ1) is 8.83. The van der Waals surface area contributed by atoms with Crippen LogP contribution in [0.3, 0.4) is 0 Å². The number of hydrogen-bond acceptors (Lipinski definition) is 2. The fourth-order valence-corrected chi connectivity index (χ4v) is 3.37. The third kappa shape index (κ3) is 3.83. The fraction of sp³-hybridized carbons (Fsp3) is 0.333. The largest absolute Gasteiger partial charge is 0.243 e. The Morgan fingerprint density at radius 1 is 1.47 bits per heavy atom. The minimum absolute atomic E-state index is 0.244. The Kier molecular flexibility index (Phi) is 5.63. The number of hydrogen-bond donors (Lipinski definition) is 1. The predicted molar refractivity (Wildman–Crippen MR) is 74.3 cm³/mol. The van der Waals surface area contributed by atoms with E-state index in [1.54, 1.807) is 0 Å². The minimum Gasteiger partial charge on any atom is -0.207 e. The van der Waals surface area contributed by atoms with Crippen LogP contribution >= 0.6 is 23.2 Å². The monoisotopic (exact) mass is 323 g/mol. The Hall–Kier alpha value is -0.800. The number of terminal acetylenes is 1. The highest BCUT2D eigenvalue weighted by molar-refractivity contribution is 7.89. The van der Waals surface area contributed by atoms with Gasteiger partial charge in [0.1, 0.15) is 4.90 Å². The average molecular weight is 324 g/mol. The summed E-state index contributed by atoms with van der Waals surface area (Å²) in [6, 6.07) is 1.60. The standard InChI is InChI=1S/C12H12Cl2FNO2S/c1-3-5-8(4-2)16-19(17,18)10-7-6-9(13)12(15)11(10)14/h2,6-8,16H,3,5H2,1H3. The zero-order valence-corrected chi connectivity index (χ0v) is 12.4. The molecule has 0 fully saturated rings. The molecule has 0 amide bonds. The molecule has 19 heavy (non-hydrogen) atoms. The smallest absolute Gasteiger partial charge is 0.207 e. The second-order valence-corrected chi connectivity index (χ2v) is 6.27. The van der Waals surface area contributed by atoms with Gasteiger partial charge in [0, 0.05) is 0 Å². The van der Waals surface area contributed by atoms with Gasteiger partial charge in [-0.05, 0) is 18.6 Å². The Morgan fingerprint density at radius 3 is 2.63 bits per heavy atom. The molecule has 0 bridgehead atoms. The summed E-state index contributed by atoms with van der Waals surface area (Å²) in [6.07, 6.45) is 6.42. The van der Waals surface area contributed by atoms with Gasteiger partial charge in [0.05, 0.1) is 16.1 Å². The molecule has 0 saturated heterocycles. The lowest BCUT2D eigenvalue weighted by molar-refractivity contribution is 0.562. The Bertz CT molecular complexity index is 611. The number of halogens is 3. The van der Waals surface area contributed by atoms with Gasteiger partial charge in [-0.15, -0.1) is 6.42 Å². The van der Waals surface area contributed by atoms with Crippen molar-refractivity contribution >= 4 is 33.2 Å². The number of rotatable bonds is 5. The van der Waals surface area contributed by atoms with Crippen LogP contribution in [0.15, 0.2) is 17.0 Å². The number of sulfonamides is 1. The lowest BCUT2D eigenvalue weighted by Gasteiger charge is -2.14. The van der Waals surface area contributed by atoms with Crippen LogP contribution in [0.25, 0.3) is 0 Å². The highest BCUT2D eigenvalue weighted by atomic mass is 35.5. The van der Waals surface area contributed by atoms with Crippen molar-refractivity contribution in [3.8, 4) is 12.3 Å². The van der Waals surface area contributed by atoms with E-state index in [9.17, 15) is 12.8 Å². The molecule has 3 nitrogen and oxygen atoms in total. The maximum atomic E-state index is 13.5. The maximum Gasteiger partial charge on any atom is 0.243 e. The summed E-state index contributed by atoms with van der Waals surface area (Å²) in [7, 11) is -3.99. The van der Waals surface area contributed by atoms with Gasteiger partial charge in [-0.1, -0.05) is 42.5 Å². The molecule has 0 radical (unpaired) electrons. The van der Waals surface area contributed by atoms with Crippen molar-refractivity contribution in [1.82, 2.24) is 4.72 Å². The van der Waals surface area contributed by atoms with Crippen molar-refractivity contribution in [3.63, 3.8) is 0 Å². The summed E-state index contributed by atoms with van der Waals surface area (Å²) in [5, 5.41) is -0.793.